The summed E-state index contributed by atoms with van der Waals surface area (Å²) >= 11 is 3.14. The van der Waals surface area contributed by atoms with Crippen LogP contribution in [-0.4, -0.2) is 21.1 Å². The van der Waals surface area contributed by atoms with Crippen molar-refractivity contribution in [2.24, 2.45) is 0 Å². The van der Waals surface area contributed by atoms with Crippen molar-refractivity contribution >= 4 is 46.4 Å². The molecule has 0 saturated carbocycles. The number of nitrogens with one attached hydrogen (secondary N) is 1. The summed E-state index contributed by atoms with van der Waals surface area (Å²) in [6.07, 6.45) is 0. The maximum atomic E-state index is 11.6. The molecule has 10 heteroatoms. The smallest absolute Gasteiger partial charge is 0.282 e. The molecule has 20 heavy (non-hydrogen) atoms. The lowest BCUT2D eigenvalue weighted by molar-refractivity contribution is -0.115. The summed E-state index contributed by atoms with van der Waals surface area (Å²) in [6, 6.07) is 3.61. The summed E-state index contributed by atoms with van der Waals surface area (Å²) in [5.41, 5.74) is -0.101. The molecule has 1 aromatic rings. The Bertz CT molecular complexity index is 744. The summed E-state index contributed by atoms with van der Waals surface area (Å²) in [5.74, 6) is -0.455. The molecule has 0 aliphatic carbocycles. The molecule has 7 nitrogen and oxygen atoms in total. The van der Waals surface area contributed by atoms with Crippen molar-refractivity contribution in [2.75, 3.05) is 0 Å². The van der Waals surface area contributed by atoms with Gasteiger partial charge in [-0.15, -0.1) is 0 Å². The fraction of sp³-hybridized carbons (Fsp3) is 0. The Morgan fingerprint density at radius 3 is 1.90 bits per heavy atom. The zero-order valence-electron chi connectivity index (χ0n) is 9.33. The number of aromatic nitrogens is 2. The largest absolute Gasteiger partial charge is 0.290 e. The van der Waals surface area contributed by atoms with Gasteiger partial charge in [0.2, 0.25) is 0 Å². The standard InChI is InChI=1S/C10HN5O2S3/c11-1-3-4(2-12)14-8-7(13-3)19-9(20-8)5-6(16)15-10(17)18-5/h(H,15,16,17). The van der Waals surface area contributed by atoms with E-state index in [4.69, 9.17) is 10.5 Å². The second-order valence-electron chi connectivity index (χ2n) is 3.42. The molecule has 0 radical (unpaired) electrons. The third-order valence-corrected chi connectivity index (χ3v) is 5.73. The summed E-state index contributed by atoms with van der Waals surface area (Å²) < 4.78 is 0.576. The highest BCUT2D eigenvalue weighted by Gasteiger charge is 2.34. The highest BCUT2D eigenvalue weighted by molar-refractivity contribution is 8.27. The monoisotopic (exact) mass is 319 g/mol. The van der Waals surface area contributed by atoms with Gasteiger partial charge in [-0.3, -0.25) is 14.9 Å². The molecule has 3 heterocycles. The van der Waals surface area contributed by atoms with Crippen LogP contribution >= 0.6 is 35.3 Å². The first-order valence-corrected chi connectivity index (χ1v) is 7.42. The van der Waals surface area contributed by atoms with Crippen molar-refractivity contribution in [3.63, 3.8) is 0 Å². The Balaban J connectivity index is 2.04. The number of fused-ring (bicyclic) bond motifs is 1. The fourth-order valence-corrected chi connectivity index (χ4v) is 4.64. The van der Waals surface area contributed by atoms with E-state index in [0.29, 0.717) is 19.2 Å². The van der Waals surface area contributed by atoms with Crippen LogP contribution in [0.2, 0.25) is 0 Å². The first-order chi connectivity index (χ1) is 9.62. The molecular weight excluding hydrogens is 318 g/mol. The van der Waals surface area contributed by atoms with Crippen LogP contribution in [0.25, 0.3) is 0 Å². The summed E-state index contributed by atoms with van der Waals surface area (Å²) in [6.45, 7) is 0. The Labute approximate surface area is 124 Å². The third-order valence-electron chi connectivity index (χ3n) is 2.23. The molecule has 0 spiro atoms. The quantitative estimate of drug-likeness (QED) is 0.710. The number of nitrogens with zero attached hydrogens (tertiary/aromatic N) is 4. The van der Waals surface area contributed by atoms with E-state index in [2.05, 4.69) is 15.3 Å². The zero-order chi connectivity index (χ0) is 14.3. The molecule has 1 aromatic heterocycles. The average Bonchev–Trinajstić information content (AvgIpc) is 2.99. The van der Waals surface area contributed by atoms with Crippen LogP contribution in [0.4, 0.5) is 4.79 Å². The second kappa shape index (κ2) is 4.83. The van der Waals surface area contributed by atoms with Crippen LogP contribution < -0.4 is 5.32 Å². The number of rotatable bonds is 0. The fourth-order valence-electron chi connectivity index (χ4n) is 1.43. The molecule has 0 aromatic carbocycles. The average molecular weight is 319 g/mol. The van der Waals surface area contributed by atoms with E-state index in [1.54, 1.807) is 12.1 Å². The lowest BCUT2D eigenvalue weighted by Gasteiger charge is -1.96. The number of nitriles is 2. The van der Waals surface area contributed by atoms with Crippen molar-refractivity contribution in [3.05, 3.63) is 20.5 Å². The Hall–Kier alpha value is -2.01. The van der Waals surface area contributed by atoms with Gasteiger partial charge in [-0.2, -0.15) is 10.5 Å². The van der Waals surface area contributed by atoms with Crippen LogP contribution in [0.15, 0.2) is 19.2 Å². The Kier molecular flexibility index (Phi) is 3.14. The first-order valence-electron chi connectivity index (χ1n) is 4.97. The van der Waals surface area contributed by atoms with E-state index < -0.39 is 11.1 Å². The van der Waals surface area contributed by atoms with Crippen molar-refractivity contribution in [3.8, 4) is 12.1 Å². The second-order valence-corrected chi connectivity index (χ2v) is 6.66. The van der Waals surface area contributed by atoms with E-state index in [1.165, 1.54) is 0 Å². The molecule has 2 aliphatic rings. The number of carbonyl (C=O) groups is 2. The van der Waals surface area contributed by atoms with Crippen molar-refractivity contribution in [1.82, 2.24) is 15.3 Å². The number of hydrogen-bond donors (Lipinski definition) is 1. The van der Waals surface area contributed by atoms with E-state index in [9.17, 15) is 9.59 Å². The van der Waals surface area contributed by atoms with Gasteiger partial charge in [0.05, 0.1) is 4.24 Å². The highest BCUT2D eigenvalue weighted by Crippen LogP contribution is 2.52. The molecule has 1 saturated heterocycles. The molecule has 0 bridgehead atoms. The van der Waals surface area contributed by atoms with E-state index >= 15 is 0 Å². The van der Waals surface area contributed by atoms with Gasteiger partial charge in [-0.05, 0) is 11.8 Å². The lowest BCUT2D eigenvalue weighted by Crippen LogP contribution is -2.18. The first kappa shape index (κ1) is 13.0. The van der Waals surface area contributed by atoms with Crippen LogP contribution in [-0.2, 0) is 4.79 Å². The minimum atomic E-state index is -0.455. The third kappa shape index (κ3) is 2.04. The molecule has 1 fully saturated rings. The van der Waals surface area contributed by atoms with Gasteiger partial charge in [0.1, 0.15) is 27.1 Å². The van der Waals surface area contributed by atoms with Crippen molar-refractivity contribution in [2.45, 2.75) is 10.1 Å². The normalized spacial score (nSPS) is 16.7. The molecule has 3 rings (SSSR count). The number of hydrogen-bond acceptors (Lipinski definition) is 9. The number of carbonyl (C=O) groups excluding carboxylic acids is 2. The summed E-state index contributed by atoms with van der Waals surface area (Å²) in [7, 11) is 0. The molecular formula is C10HN5O2S3. The van der Waals surface area contributed by atoms with Gasteiger partial charge in [-0.25, -0.2) is 9.97 Å². The minimum absolute atomic E-state index is 0.0507. The van der Waals surface area contributed by atoms with E-state index in [0.717, 1.165) is 35.3 Å². The van der Waals surface area contributed by atoms with E-state index in [1.807, 2.05) is 0 Å². The topological polar surface area (TPSA) is 120 Å². The lowest BCUT2D eigenvalue weighted by atomic mass is 10.3. The predicted molar refractivity (Wildman–Crippen MR) is 71.3 cm³/mol. The van der Waals surface area contributed by atoms with Gasteiger partial charge in [-0.1, -0.05) is 23.5 Å². The molecule has 0 unspecified atom stereocenters. The summed E-state index contributed by atoms with van der Waals surface area (Å²) in [5, 5.41) is 20.4. The van der Waals surface area contributed by atoms with Gasteiger partial charge in [0, 0.05) is 0 Å². The van der Waals surface area contributed by atoms with Gasteiger partial charge in [0.15, 0.2) is 11.4 Å². The SMILES string of the molecule is N#Cc1nc2c(nc1C#N)SC(=C1SC(=O)NC1=O)S2. The van der Waals surface area contributed by atoms with Gasteiger partial charge in [0.25, 0.3) is 11.1 Å². The Morgan fingerprint density at radius 2 is 1.50 bits per heavy atom. The van der Waals surface area contributed by atoms with Crippen molar-refractivity contribution < 1.29 is 9.59 Å². The van der Waals surface area contributed by atoms with Crippen LogP contribution in [0.3, 0.4) is 0 Å². The molecule has 2 amide bonds. The highest BCUT2D eigenvalue weighted by atomic mass is 32.2. The Morgan fingerprint density at radius 1 is 0.950 bits per heavy atom. The number of imide groups is 1. The maximum absolute atomic E-state index is 11.6. The molecule has 96 valence electrons. The molecule has 1 N–H and O–H groups in total. The molecule has 0 atom stereocenters. The maximum Gasteiger partial charge on any atom is 0.290 e. The van der Waals surface area contributed by atoms with Gasteiger partial charge >= 0.3 is 0 Å². The van der Waals surface area contributed by atoms with Crippen LogP contribution in [0.5, 0.6) is 0 Å². The molecule has 2 aliphatic heterocycles. The van der Waals surface area contributed by atoms with Crippen molar-refractivity contribution in [1.29, 1.82) is 10.5 Å². The van der Waals surface area contributed by atoms with Crippen LogP contribution in [0.1, 0.15) is 11.4 Å². The minimum Gasteiger partial charge on any atom is -0.282 e. The number of amides is 2. The predicted octanol–water partition coefficient (Wildman–Crippen LogP) is 1.57. The van der Waals surface area contributed by atoms with Crippen LogP contribution in [0, 0.1) is 22.7 Å². The number of thioether (sulfide) groups is 3. The van der Waals surface area contributed by atoms with Gasteiger partial charge < -0.3 is 0 Å². The zero-order valence-corrected chi connectivity index (χ0v) is 11.8. The van der Waals surface area contributed by atoms with E-state index in [-0.39, 0.29) is 11.4 Å². The summed E-state index contributed by atoms with van der Waals surface area (Å²) in [4.78, 5) is 31.1.